The zero-order valence-corrected chi connectivity index (χ0v) is 17.0. The lowest BCUT2D eigenvalue weighted by atomic mass is 9.76. The summed E-state index contributed by atoms with van der Waals surface area (Å²) >= 11 is 3.46. The molecule has 1 aromatic carbocycles. The van der Waals surface area contributed by atoms with Gasteiger partial charge in [-0.05, 0) is 24.1 Å². The first-order valence-electron chi connectivity index (χ1n) is 9.06. The molecule has 1 aromatic rings. The van der Waals surface area contributed by atoms with Crippen LogP contribution in [0.3, 0.4) is 0 Å². The Kier molecular flexibility index (Phi) is 4.40. The van der Waals surface area contributed by atoms with Gasteiger partial charge in [0.05, 0.1) is 25.0 Å². The van der Waals surface area contributed by atoms with E-state index in [-0.39, 0.29) is 42.8 Å². The van der Waals surface area contributed by atoms with E-state index in [1.807, 2.05) is 32.0 Å². The van der Waals surface area contributed by atoms with Crippen LogP contribution < -0.4 is 10.6 Å². The van der Waals surface area contributed by atoms with Crippen LogP contribution in [0.25, 0.3) is 0 Å². The fourth-order valence-corrected chi connectivity index (χ4v) is 5.10. The first-order valence-corrected chi connectivity index (χ1v) is 9.85. The van der Waals surface area contributed by atoms with E-state index < -0.39 is 17.4 Å². The Balaban J connectivity index is 1.86. The van der Waals surface area contributed by atoms with Crippen molar-refractivity contribution >= 4 is 39.3 Å². The van der Waals surface area contributed by atoms with Gasteiger partial charge in [0.25, 0.3) is 0 Å². The zero-order valence-electron chi connectivity index (χ0n) is 15.4. The number of fused-ring (bicyclic) bond motifs is 4. The average molecular weight is 436 g/mol. The highest BCUT2D eigenvalue weighted by atomic mass is 79.9. The van der Waals surface area contributed by atoms with Gasteiger partial charge >= 0.3 is 0 Å². The molecule has 0 aromatic heterocycles. The second kappa shape index (κ2) is 6.39. The van der Waals surface area contributed by atoms with E-state index in [4.69, 9.17) is 4.74 Å². The van der Waals surface area contributed by atoms with Crippen molar-refractivity contribution in [3.05, 3.63) is 28.2 Å². The molecular weight excluding hydrogens is 414 g/mol. The van der Waals surface area contributed by atoms with Crippen LogP contribution in [0.5, 0.6) is 0 Å². The van der Waals surface area contributed by atoms with Gasteiger partial charge in [0, 0.05) is 28.9 Å². The molecule has 0 saturated carbocycles. The lowest BCUT2D eigenvalue weighted by molar-refractivity contribution is -0.143. The molecule has 3 amide bonds. The first-order chi connectivity index (χ1) is 12.8. The van der Waals surface area contributed by atoms with E-state index >= 15 is 0 Å². The summed E-state index contributed by atoms with van der Waals surface area (Å²) in [6.45, 7) is 4.48. The molecule has 3 aliphatic rings. The topological polar surface area (TPSA) is 87.7 Å². The first kappa shape index (κ1) is 18.6. The molecule has 2 saturated heterocycles. The average Bonchev–Trinajstić information content (AvgIpc) is 3.20. The number of halogens is 1. The van der Waals surface area contributed by atoms with Crippen LogP contribution in [0.1, 0.15) is 19.4 Å². The largest absolute Gasteiger partial charge is 0.383 e. The summed E-state index contributed by atoms with van der Waals surface area (Å²) in [4.78, 5) is 40.8. The number of likely N-dealkylation sites (tertiary alicyclic amines) is 1. The third kappa shape index (κ3) is 2.43. The van der Waals surface area contributed by atoms with Crippen LogP contribution in [-0.4, -0.2) is 48.9 Å². The van der Waals surface area contributed by atoms with Crippen molar-refractivity contribution in [3.63, 3.8) is 0 Å². The Morgan fingerprint density at radius 1 is 1.26 bits per heavy atom. The van der Waals surface area contributed by atoms with E-state index in [1.165, 1.54) is 12.0 Å². The number of anilines is 1. The number of nitrogens with one attached hydrogen (secondary N) is 2. The van der Waals surface area contributed by atoms with Crippen LogP contribution in [0.4, 0.5) is 5.69 Å². The molecule has 7 nitrogen and oxygen atoms in total. The molecule has 2 fully saturated rings. The second-order valence-corrected chi connectivity index (χ2v) is 8.61. The number of hydrogen-bond acceptors (Lipinski definition) is 5. The molecule has 4 rings (SSSR count). The van der Waals surface area contributed by atoms with Crippen molar-refractivity contribution in [1.82, 2.24) is 10.2 Å². The summed E-state index contributed by atoms with van der Waals surface area (Å²) in [5, 5.41) is 6.30. The van der Waals surface area contributed by atoms with Crippen molar-refractivity contribution < 1.29 is 19.1 Å². The normalized spacial score (nSPS) is 31.8. The third-order valence-electron chi connectivity index (χ3n) is 5.94. The standard InChI is InChI=1S/C19H22BrN3O4/c1-9(2)15-13-14(17(25)23(16(13)24)6-7-27-3)19(22-15)11-8-10(20)4-5-12(11)21-18(19)26/h4-5,8-9,13-15,22H,6-7H2,1-3H3,(H,21,26). The molecule has 0 radical (unpaired) electrons. The molecule has 4 unspecified atom stereocenters. The molecular formula is C19H22BrN3O4. The molecule has 3 heterocycles. The van der Waals surface area contributed by atoms with E-state index in [0.29, 0.717) is 5.69 Å². The summed E-state index contributed by atoms with van der Waals surface area (Å²) in [7, 11) is 1.53. The van der Waals surface area contributed by atoms with Crippen molar-refractivity contribution in [3.8, 4) is 0 Å². The van der Waals surface area contributed by atoms with Crippen LogP contribution in [-0.2, 0) is 24.7 Å². The second-order valence-electron chi connectivity index (χ2n) is 7.69. The maximum absolute atomic E-state index is 13.3. The number of rotatable bonds is 4. The Bertz CT molecular complexity index is 842. The Morgan fingerprint density at radius 2 is 2.00 bits per heavy atom. The Hall–Kier alpha value is -1.77. The van der Waals surface area contributed by atoms with E-state index in [0.717, 1.165) is 10.0 Å². The highest BCUT2D eigenvalue weighted by Gasteiger charge is 2.70. The number of carbonyl (C=O) groups is 3. The van der Waals surface area contributed by atoms with Gasteiger partial charge in [-0.2, -0.15) is 0 Å². The number of benzene rings is 1. The van der Waals surface area contributed by atoms with Gasteiger partial charge in [-0.25, -0.2) is 0 Å². The molecule has 3 aliphatic heterocycles. The van der Waals surface area contributed by atoms with Crippen molar-refractivity contribution in [2.24, 2.45) is 17.8 Å². The fourth-order valence-electron chi connectivity index (χ4n) is 4.74. The lowest BCUT2D eigenvalue weighted by Gasteiger charge is -2.30. The maximum Gasteiger partial charge on any atom is 0.250 e. The predicted octanol–water partition coefficient (Wildman–Crippen LogP) is 1.47. The summed E-state index contributed by atoms with van der Waals surface area (Å²) in [5.74, 6) is -2.04. The quantitative estimate of drug-likeness (QED) is 0.699. The van der Waals surface area contributed by atoms with Gasteiger partial charge in [-0.1, -0.05) is 29.8 Å². The summed E-state index contributed by atoms with van der Waals surface area (Å²) in [5.41, 5.74) is 0.164. The minimum Gasteiger partial charge on any atom is -0.383 e. The maximum atomic E-state index is 13.3. The summed E-state index contributed by atoms with van der Waals surface area (Å²) in [6, 6.07) is 5.25. The van der Waals surface area contributed by atoms with Crippen LogP contribution in [0, 0.1) is 17.8 Å². The van der Waals surface area contributed by atoms with Crippen molar-refractivity contribution in [1.29, 1.82) is 0 Å². The summed E-state index contributed by atoms with van der Waals surface area (Å²) in [6.07, 6.45) is 0. The number of hydrogen-bond donors (Lipinski definition) is 2. The number of carbonyl (C=O) groups excluding carboxylic acids is 3. The molecule has 2 N–H and O–H groups in total. The smallest absolute Gasteiger partial charge is 0.250 e. The number of methoxy groups -OCH3 is 1. The van der Waals surface area contributed by atoms with Crippen molar-refractivity contribution in [2.45, 2.75) is 25.4 Å². The summed E-state index contributed by atoms with van der Waals surface area (Å²) < 4.78 is 5.88. The van der Waals surface area contributed by atoms with Crippen molar-refractivity contribution in [2.75, 3.05) is 25.6 Å². The molecule has 144 valence electrons. The van der Waals surface area contributed by atoms with E-state index in [9.17, 15) is 14.4 Å². The monoisotopic (exact) mass is 435 g/mol. The Morgan fingerprint density at radius 3 is 2.67 bits per heavy atom. The van der Waals surface area contributed by atoms with Gasteiger partial charge in [0.1, 0.15) is 5.54 Å². The predicted molar refractivity (Wildman–Crippen MR) is 102 cm³/mol. The fraction of sp³-hybridized carbons (Fsp3) is 0.526. The lowest BCUT2D eigenvalue weighted by Crippen LogP contribution is -2.54. The molecule has 4 atom stereocenters. The molecule has 8 heteroatoms. The van der Waals surface area contributed by atoms with Crippen LogP contribution in [0.2, 0.25) is 0 Å². The number of ether oxygens (including phenoxy) is 1. The SMILES string of the molecule is COCCN1C(=O)C2C(C(C)C)NC3(C(=O)Nc4ccc(Br)cc43)C2C1=O. The molecule has 0 bridgehead atoms. The highest BCUT2D eigenvalue weighted by molar-refractivity contribution is 9.10. The molecule has 0 aliphatic carbocycles. The van der Waals surface area contributed by atoms with Gasteiger partial charge in [0.2, 0.25) is 17.7 Å². The zero-order chi connectivity index (χ0) is 19.5. The number of nitrogens with zero attached hydrogens (tertiary/aromatic N) is 1. The number of imide groups is 1. The molecule has 27 heavy (non-hydrogen) atoms. The van der Waals surface area contributed by atoms with Crippen LogP contribution in [0.15, 0.2) is 22.7 Å². The van der Waals surface area contributed by atoms with Gasteiger partial charge in [0.15, 0.2) is 0 Å². The number of amides is 3. The Labute approximate surface area is 165 Å². The van der Waals surface area contributed by atoms with Gasteiger partial charge in [-0.15, -0.1) is 0 Å². The van der Waals surface area contributed by atoms with Gasteiger partial charge in [-0.3, -0.25) is 24.6 Å². The molecule has 1 spiro atoms. The minimum absolute atomic E-state index is 0.0833. The third-order valence-corrected chi connectivity index (χ3v) is 6.43. The van der Waals surface area contributed by atoms with E-state index in [2.05, 4.69) is 26.6 Å². The highest BCUT2D eigenvalue weighted by Crippen LogP contribution is 2.54. The van der Waals surface area contributed by atoms with E-state index in [1.54, 1.807) is 0 Å². The van der Waals surface area contributed by atoms with Crippen LogP contribution >= 0.6 is 15.9 Å². The van der Waals surface area contributed by atoms with Gasteiger partial charge < -0.3 is 10.1 Å². The minimum atomic E-state index is -1.23.